The lowest BCUT2D eigenvalue weighted by atomic mass is 10.2. The standard InChI is InChI=1S/C8H8N5/c1-2-7-3-4-8(9-5-7)13-6-10-11-12-13/h2-6H,1H3. The van der Waals surface area contributed by atoms with Crippen LogP contribution in [0.3, 0.4) is 0 Å². The molecule has 0 bridgehead atoms. The van der Waals surface area contributed by atoms with E-state index in [-0.39, 0.29) is 0 Å². The van der Waals surface area contributed by atoms with Crippen LogP contribution in [-0.4, -0.2) is 25.2 Å². The van der Waals surface area contributed by atoms with Gasteiger partial charge >= 0.3 is 0 Å². The summed E-state index contributed by atoms with van der Waals surface area (Å²) in [5, 5.41) is 10.8. The van der Waals surface area contributed by atoms with Gasteiger partial charge in [-0.15, -0.1) is 5.10 Å². The van der Waals surface area contributed by atoms with E-state index in [1.54, 1.807) is 6.20 Å². The summed E-state index contributed by atoms with van der Waals surface area (Å²) < 4.78 is 1.51. The van der Waals surface area contributed by atoms with Crippen molar-refractivity contribution in [2.24, 2.45) is 0 Å². The van der Waals surface area contributed by atoms with Crippen LogP contribution in [-0.2, 0) is 0 Å². The number of aromatic nitrogens is 5. The first-order valence-electron chi connectivity index (χ1n) is 3.89. The SMILES string of the molecule is C[CH]c1ccc(-n2cnnn2)nc1. The fourth-order valence-electron chi connectivity index (χ4n) is 0.970. The van der Waals surface area contributed by atoms with Gasteiger partial charge in [0.25, 0.3) is 0 Å². The Labute approximate surface area is 75.4 Å². The third-order valence-corrected chi connectivity index (χ3v) is 1.69. The first-order chi connectivity index (χ1) is 6.40. The van der Waals surface area contributed by atoms with Crippen molar-refractivity contribution in [3.63, 3.8) is 0 Å². The van der Waals surface area contributed by atoms with Gasteiger partial charge in [-0.2, -0.15) is 4.68 Å². The van der Waals surface area contributed by atoms with Crippen molar-refractivity contribution in [1.82, 2.24) is 25.2 Å². The molecule has 2 aromatic heterocycles. The highest BCUT2D eigenvalue weighted by Gasteiger charge is 1.97. The molecular weight excluding hydrogens is 166 g/mol. The second-order valence-electron chi connectivity index (χ2n) is 2.49. The van der Waals surface area contributed by atoms with Crippen LogP contribution in [0.25, 0.3) is 5.82 Å². The zero-order valence-electron chi connectivity index (χ0n) is 7.12. The highest BCUT2D eigenvalue weighted by molar-refractivity contribution is 5.26. The highest BCUT2D eigenvalue weighted by atomic mass is 15.5. The lowest BCUT2D eigenvalue weighted by Gasteiger charge is -1.98. The van der Waals surface area contributed by atoms with E-state index in [0.717, 1.165) is 11.4 Å². The molecule has 0 unspecified atom stereocenters. The normalized spacial score (nSPS) is 10.2. The van der Waals surface area contributed by atoms with Gasteiger partial charge in [0.1, 0.15) is 6.33 Å². The molecular formula is C8H8N5. The van der Waals surface area contributed by atoms with Gasteiger partial charge in [-0.25, -0.2) is 4.98 Å². The average molecular weight is 174 g/mol. The zero-order valence-corrected chi connectivity index (χ0v) is 7.12. The van der Waals surface area contributed by atoms with E-state index in [0.29, 0.717) is 0 Å². The minimum absolute atomic E-state index is 0.718. The number of nitrogens with zero attached hydrogens (tertiary/aromatic N) is 5. The summed E-state index contributed by atoms with van der Waals surface area (Å²) >= 11 is 0. The average Bonchev–Trinajstić information content (AvgIpc) is 2.71. The van der Waals surface area contributed by atoms with Crippen LogP contribution in [0.4, 0.5) is 0 Å². The predicted molar refractivity (Wildman–Crippen MR) is 46.0 cm³/mol. The second-order valence-corrected chi connectivity index (χ2v) is 2.49. The van der Waals surface area contributed by atoms with Crippen molar-refractivity contribution in [2.45, 2.75) is 6.92 Å². The Hall–Kier alpha value is -1.78. The molecule has 0 atom stereocenters. The molecule has 0 N–H and O–H groups in total. The van der Waals surface area contributed by atoms with Crippen molar-refractivity contribution >= 4 is 0 Å². The van der Waals surface area contributed by atoms with Gasteiger partial charge in [-0.1, -0.05) is 13.0 Å². The Kier molecular flexibility index (Phi) is 1.99. The molecule has 0 aliphatic rings. The van der Waals surface area contributed by atoms with Gasteiger partial charge in [0.05, 0.1) is 0 Å². The summed E-state index contributed by atoms with van der Waals surface area (Å²) in [5.74, 6) is 0.718. The molecule has 0 aliphatic heterocycles. The van der Waals surface area contributed by atoms with Gasteiger partial charge in [-0.3, -0.25) is 0 Å². The lowest BCUT2D eigenvalue weighted by molar-refractivity contribution is 0.770. The summed E-state index contributed by atoms with van der Waals surface area (Å²) in [5.41, 5.74) is 1.08. The minimum atomic E-state index is 0.718. The Morgan fingerprint density at radius 1 is 1.38 bits per heavy atom. The highest BCUT2D eigenvalue weighted by Crippen LogP contribution is 2.04. The van der Waals surface area contributed by atoms with Gasteiger partial charge < -0.3 is 0 Å². The third kappa shape index (κ3) is 1.53. The van der Waals surface area contributed by atoms with Gasteiger partial charge in [0, 0.05) is 6.20 Å². The molecule has 2 heterocycles. The van der Waals surface area contributed by atoms with Gasteiger partial charge in [-0.05, 0) is 28.5 Å². The van der Waals surface area contributed by atoms with Crippen LogP contribution in [0.2, 0.25) is 0 Å². The molecule has 0 saturated heterocycles. The number of tetrazole rings is 1. The molecule has 5 heteroatoms. The molecule has 0 fully saturated rings. The Morgan fingerprint density at radius 2 is 2.31 bits per heavy atom. The monoisotopic (exact) mass is 174 g/mol. The third-order valence-electron chi connectivity index (χ3n) is 1.69. The van der Waals surface area contributed by atoms with E-state index >= 15 is 0 Å². The second kappa shape index (κ2) is 3.30. The van der Waals surface area contributed by atoms with Crippen molar-refractivity contribution in [3.05, 3.63) is 36.6 Å². The van der Waals surface area contributed by atoms with Crippen LogP contribution < -0.4 is 0 Å². The lowest BCUT2D eigenvalue weighted by Crippen LogP contribution is -1.98. The molecule has 65 valence electrons. The van der Waals surface area contributed by atoms with Crippen LogP contribution in [0.15, 0.2) is 24.7 Å². The molecule has 1 radical (unpaired) electrons. The van der Waals surface area contributed by atoms with E-state index in [9.17, 15) is 0 Å². The Balaban J connectivity index is 2.33. The quantitative estimate of drug-likeness (QED) is 0.670. The van der Waals surface area contributed by atoms with Crippen LogP contribution in [0.1, 0.15) is 12.5 Å². The van der Waals surface area contributed by atoms with Crippen LogP contribution in [0, 0.1) is 6.42 Å². The summed E-state index contributed by atoms with van der Waals surface area (Å²) in [6.45, 7) is 1.97. The van der Waals surface area contributed by atoms with Crippen LogP contribution >= 0.6 is 0 Å². The smallest absolute Gasteiger partial charge is 0.156 e. The van der Waals surface area contributed by atoms with E-state index < -0.39 is 0 Å². The van der Waals surface area contributed by atoms with Crippen molar-refractivity contribution < 1.29 is 0 Å². The van der Waals surface area contributed by atoms with Crippen molar-refractivity contribution in [3.8, 4) is 5.82 Å². The maximum Gasteiger partial charge on any atom is 0.156 e. The fraction of sp³-hybridized carbons (Fsp3) is 0.125. The summed E-state index contributed by atoms with van der Waals surface area (Å²) in [6.07, 6.45) is 5.27. The van der Waals surface area contributed by atoms with Crippen molar-refractivity contribution in [2.75, 3.05) is 0 Å². The molecule has 13 heavy (non-hydrogen) atoms. The largest absolute Gasteiger partial charge is 0.237 e. The van der Waals surface area contributed by atoms with Gasteiger partial charge in [0.2, 0.25) is 0 Å². The number of pyridine rings is 1. The first-order valence-corrected chi connectivity index (χ1v) is 3.89. The molecule has 0 saturated carbocycles. The number of hydrogen-bond acceptors (Lipinski definition) is 4. The van der Waals surface area contributed by atoms with E-state index in [2.05, 4.69) is 20.5 Å². The van der Waals surface area contributed by atoms with E-state index in [1.807, 2.05) is 25.5 Å². The summed E-state index contributed by atoms with van der Waals surface area (Å²) in [6, 6.07) is 3.83. The number of hydrogen-bond donors (Lipinski definition) is 0. The molecule has 2 aromatic rings. The van der Waals surface area contributed by atoms with Gasteiger partial charge in [0.15, 0.2) is 5.82 Å². The molecule has 0 aliphatic carbocycles. The number of rotatable bonds is 2. The van der Waals surface area contributed by atoms with Crippen LogP contribution in [0.5, 0.6) is 0 Å². The molecule has 0 spiro atoms. The first kappa shape index (κ1) is 7.85. The zero-order chi connectivity index (χ0) is 9.10. The molecule has 2 rings (SSSR count). The van der Waals surface area contributed by atoms with E-state index in [1.165, 1.54) is 11.0 Å². The Bertz CT molecular complexity index is 364. The van der Waals surface area contributed by atoms with Crippen molar-refractivity contribution in [1.29, 1.82) is 0 Å². The predicted octanol–water partition coefficient (Wildman–Crippen LogP) is 0.630. The van der Waals surface area contributed by atoms with E-state index in [4.69, 9.17) is 0 Å². The molecule has 0 amide bonds. The topological polar surface area (TPSA) is 56.5 Å². The Morgan fingerprint density at radius 3 is 2.85 bits per heavy atom. The minimum Gasteiger partial charge on any atom is -0.237 e. The molecule has 0 aromatic carbocycles. The summed E-state index contributed by atoms with van der Waals surface area (Å²) in [4.78, 5) is 4.18. The summed E-state index contributed by atoms with van der Waals surface area (Å²) in [7, 11) is 0. The molecule has 5 nitrogen and oxygen atoms in total. The fourth-order valence-corrected chi connectivity index (χ4v) is 0.970. The maximum atomic E-state index is 4.18. The maximum absolute atomic E-state index is 4.18.